The molecular weight excluding hydrogens is 418 g/mol. The molecule has 3 aromatic rings. The summed E-state index contributed by atoms with van der Waals surface area (Å²) in [6.45, 7) is 0.619. The lowest BCUT2D eigenvalue weighted by atomic mass is 10.2. The minimum absolute atomic E-state index is 0.113. The molecule has 0 aliphatic rings. The summed E-state index contributed by atoms with van der Waals surface area (Å²) in [5.74, 6) is 0.454. The second-order valence-corrected chi connectivity index (χ2v) is 9.12. The minimum atomic E-state index is -3.63. The Morgan fingerprint density at radius 1 is 1.29 bits per heavy atom. The zero-order chi connectivity index (χ0) is 20.1. The highest BCUT2D eigenvalue weighted by atomic mass is 32.2. The monoisotopic (exact) mass is 437 g/mol. The fourth-order valence-electron chi connectivity index (χ4n) is 2.44. The van der Waals surface area contributed by atoms with Crippen LogP contribution in [0.1, 0.15) is 21.1 Å². The van der Waals surface area contributed by atoms with Crippen LogP contribution in [-0.2, 0) is 30.0 Å². The van der Waals surface area contributed by atoms with Crippen molar-refractivity contribution in [3.05, 3.63) is 62.8 Å². The summed E-state index contributed by atoms with van der Waals surface area (Å²) >= 11 is 6.52. The van der Waals surface area contributed by atoms with Crippen molar-refractivity contribution in [2.45, 2.75) is 17.9 Å². The van der Waals surface area contributed by atoms with Crippen molar-refractivity contribution in [2.24, 2.45) is 7.05 Å². The number of nitrogens with one attached hydrogen (secondary N) is 3. The number of hydrogen-bond donors (Lipinski definition) is 3. The van der Waals surface area contributed by atoms with E-state index in [0.717, 1.165) is 10.7 Å². The molecule has 8 nitrogen and oxygen atoms in total. The first-order valence-electron chi connectivity index (χ1n) is 8.37. The Labute approximate surface area is 171 Å². The highest BCUT2D eigenvalue weighted by Crippen LogP contribution is 2.13. The standard InChI is InChI=1S/C17H19N5O3S3/c1-22-15(20-21-17(22)26)8-9-18-16(23)12-4-6-14(7-5-12)28(24,25)19-11-13-3-2-10-27-13/h2-7,10,19H,8-9,11H2,1H3,(H,18,23)(H,21,26). The Hall–Kier alpha value is -2.34. The van der Waals surface area contributed by atoms with E-state index in [2.05, 4.69) is 20.2 Å². The molecule has 3 rings (SSSR count). The summed E-state index contributed by atoms with van der Waals surface area (Å²) in [6, 6.07) is 9.55. The van der Waals surface area contributed by atoms with Crippen molar-refractivity contribution < 1.29 is 13.2 Å². The zero-order valence-corrected chi connectivity index (χ0v) is 17.5. The van der Waals surface area contributed by atoms with E-state index in [0.29, 0.717) is 23.3 Å². The molecule has 0 saturated heterocycles. The third kappa shape index (κ3) is 4.93. The number of carbonyl (C=O) groups is 1. The van der Waals surface area contributed by atoms with Crippen LogP contribution in [0.2, 0.25) is 0 Å². The number of H-pyrrole nitrogens is 1. The third-order valence-corrected chi connectivity index (χ3v) is 6.71. The van der Waals surface area contributed by atoms with E-state index in [1.54, 1.807) is 11.6 Å². The van der Waals surface area contributed by atoms with Gasteiger partial charge in [-0.2, -0.15) is 5.10 Å². The van der Waals surface area contributed by atoms with Gasteiger partial charge in [0.2, 0.25) is 10.0 Å². The molecule has 0 aliphatic heterocycles. The van der Waals surface area contributed by atoms with Crippen molar-refractivity contribution in [1.29, 1.82) is 0 Å². The van der Waals surface area contributed by atoms with E-state index in [1.165, 1.54) is 35.6 Å². The molecule has 2 heterocycles. The molecule has 0 saturated carbocycles. The van der Waals surface area contributed by atoms with E-state index < -0.39 is 10.0 Å². The van der Waals surface area contributed by atoms with Gasteiger partial charge in [-0.25, -0.2) is 13.1 Å². The lowest BCUT2D eigenvalue weighted by Crippen LogP contribution is -2.26. The van der Waals surface area contributed by atoms with Crippen LogP contribution in [0.4, 0.5) is 0 Å². The average Bonchev–Trinajstić information content (AvgIpc) is 3.32. The molecule has 1 aromatic carbocycles. The van der Waals surface area contributed by atoms with Crippen LogP contribution in [0.5, 0.6) is 0 Å². The van der Waals surface area contributed by atoms with Crippen molar-refractivity contribution in [3.63, 3.8) is 0 Å². The molecule has 0 unspecified atom stereocenters. The number of benzene rings is 1. The molecular formula is C17H19N5O3S3. The summed E-state index contributed by atoms with van der Waals surface area (Å²) in [5.41, 5.74) is 0.382. The molecule has 1 amide bonds. The normalized spacial score (nSPS) is 11.5. The van der Waals surface area contributed by atoms with Crippen molar-refractivity contribution in [2.75, 3.05) is 6.54 Å². The van der Waals surface area contributed by atoms with Crippen LogP contribution < -0.4 is 10.0 Å². The van der Waals surface area contributed by atoms with Gasteiger partial charge >= 0.3 is 0 Å². The number of carbonyl (C=O) groups excluding carboxylic acids is 1. The van der Waals surface area contributed by atoms with Crippen LogP contribution in [0.15, 0.2) is 46.7 Å². The fraction of sp³-hybridized carbons (Fsp3) is 0.235. The summed E-state index contributed by atoms with van der Waals surface area (Å²) in [5, 5.41) is 11.4. The van der Waals surface area contributed by atoms with Crippen molar-refractivity contribution >= 4 is 39.5 Å². The molecule has 2 aromatic heterocycles. The van der Waals surface area contributed by atoms with E-state index in [4.69, 9.17) is 12.2 Å². The van der Waals surface area contributed by atoms with Crippen molar-refractivity contribution in [3.8, 4) is 0 Å². The second-order valence-electron chi connectivity index (χ2n) is 5.94. The first kappa shape index (κ1) is 20.4. The molecule has 0 radical (unpaired) electrons. The molecule has 11 heteroatoms. The third-order valence-electron chi connectivity index (χ3n) is 4.05. The van der Waals surface area contributed by atoms with Gasteiger partial charge in [0, 0.05) is 37.0 Å². The SMILES string of the molecule is Cn1c(CCNC(=O)c2ccc(S(=O)(=O)NCc3cccs3)cc2)n[nH]c1=S. The van der Waals surface area contributed by atoms with Gasteiger partial charge in [-0.1, -0.05) is 6.07 Å². The van der Waals surface area contributed by atoms with E-state index in [9.17, 15) is 13.2 Å². The first-order valence-corrected chi connectivity index (χ1v) is 11.1. The highest BCUT2D eigenvalue weighted by Gasteiger charge is 2.15. The van der Waals surface area contributed by atoms with Crippen LogP contribution in [0.25, 0.3) is 0 Å². The van der Waals surface area contributed by atoms with E-state index in [-0.39, 0.29) is 17.3 Å². The number of amides is 1. The lowest BCUT2D eigenvalue weighted by molar-refractivity contribution is 0.0954. The molecule has 0 spiro atoms. The van der Waals surface area contributed by atoms with Crippen LogP contribution in [0, 0.1) is 4.77 Å². The Morgan fingerprint density at radius 3 is 2.64 bits per heavy atom. The zero-order valence-electron chi connectivity index (χ0n) is 15.0. The van der Waals surface area contributed by atoms with Crippen LogP contribution >= 0.6 is 23.6 Å². The molecule has 28 heavy (non-hydrogen) atoms. The summed E-state index contributed by atoms with van der Waals surface area (Å²) in [6.07, 6.45) is 0.522. The predicted octanol–water partition coefficient (Wildman–Crippen LogP) is 1.99. The Balaban J connectivity index is 1.56. The van der Waals surface area contributed by atoms with Gasteiger partial charge in [0.25, 0.3) is 5.91 Å². The first-order chi connectivity index (χ1) is 13.4. The quantitative estimate of drug-likeness (QED) is 0.467. The Morgan fingerprint density at radius 2 is 2.04 bits per heavy atom. The lowest BCUT2D eigenvalue weighted by Gasteiger charge is -2.08. The highest BCUT2D eigenvalue weighted by molar-refractivity contribution is 7.89. The van der Waals surface area contributed by atoms with Gasteiger partial charge in [-0.15, -0.1) is 11.3 Å². The van der Waals surface area contributed by atoms with Gasteiger partial charge < -0.3 is 9.88 Å². The van der Waals surface area contributed by atoms with E-state index in [1.807, 2.05) is 17.5 Å². The number of aromatic nitrogens is 3. The minimum Gasteiger partial charge on any atom is -0.352 e. The van der Waals surface area contributed by atoms with Crippen molar-refractivity contribution in [1.82, 2.24) is 24.8 Å². The van der Waals surface area contributed by atoms with Gasteiger partial charge in [0.1, 0.15) is 5.82 Å². The van der Waals surface area contributed by atoms with Gasteiger partial charge in [-0.3, -0.25) is 9.89 Å². The molecule has 148 valence electrons. The number of aromatic amines is 1. The summed E-state index contributed by atoms with van der Waals surface area (Å²) < 4.78 is 29.5. The summed E-state index contributed by atoms with van der Waals surface area (Å²) in [7, 11) is -1.83. The molecule has 0 fully saturated rings. The summed E-state index contributed by atoms with van der Waals surface area (Å²) in [4.78, 5) is 13.3. The van der Waals surface area contributed by atoms with Crippen LogP contribution in [-0.4, -0.2) is 35.6 Å². The predicted molar refractivity (Wildman–Crippen MR) is 109 cm³/mol. The molecule has 0 atom stereocenters. The van der Waals surface area contributed by atoms with Gasteiger partial charge in [0.15, 0.2) is 4.77 Å². The van der Waals surface area contributed by atoms with Gasteiger partial charge in [-0.05, 0) is 47.9 Å². The Bertz CT molecular complexity index is 1100. The van der Waals surface area contributed by atoms with E-state index >= 15 is 0 Å². The maximum absolute atomic E-state index is 12.3. The smallest absolute Gasteiger partial charge is 0.251 e. The van der Waals surface area contributed by atoms with Gasteiger partial charge in [0.05, 0.1) is 4.90 Å². The maximum atomic E-state index is 12.3. The molecule has 0 bridgehead atoms. The molecule has 3 N–H and O–H groups in total. The second kappa shape index (κ2) is 8.78. The topological polar surface area (TPSA) is 109 Å². The van der Waals surface area contributed by atoms with Crippen LogP contribution in [0.3, 0.4) is 0 Å². The molecule has 0 aliphatic carbocycles. The number of sulfonamides is 1. The Kier molecular flexibility index (Phi) is 6.39. The number of rotatable bonds is 8. The average molecular weight is 438 g/mol. The number of nitrogens with zero attached hydrogens (tertiary/aromatic N) is 2. The maximum Gasteiger partial charge on any atom is 0.251 e. The fourth-order valence-corrected chi connectivity index (χ4v) is 4.33. The number of thiophene rings is 1. The number of hydrogen-bond acceptors (Lipinski definition) is 6. The largest absolute Gasteiger partial charge is 0.352 e.